The lowest BCUT2D eigenvalue weighted by molar-refractivity contribution is 0.418. The van der Waals surface area contributed by atoms with E-state index in [1.54, 1.807) is 6.07 Å². The molecule has 0 aliphatic rings. The van der Waals surface area contributed by atoms with Crippen molar-refractivity contribution >= 4 is 18.6 Å². The summed E-state index contributed by atoms with van der Waals surface area (Å²) in [7, 11) is 1.89. The molecule has 0 aliphatic heterocycles. The van der Waals surface area contributed by atoms with E-state index < -0.39 is 23.3 Å². The van der Waals surface area contributed by atoms with Crippen LogP contribution in [0.3, 0.4) is 0 Å². The van der Waals surface area contributed by atoms with E-state index in [0.717, 1.165) is 5.56 Å². The molecule has 0 bridgehead atoms. The van der Waals surface area contributed by atoms with Gasteiger partial charge in [0, 0.05) is 10.8 Å². The Morgan fingerprint density at radius 2 is 1.33 bits per heavy atom. The Hall–Kier alpha value is -1.52. The predicted octanol–water partition coefficient (Wildman–Crippen LogP) is 3.26. The van der Waals surface area contributed by atoms with Crippen molar-refractivity contribution in [3.05, 3.63) is 47.0 Å². The maximum absolute atomic E-state index is 13.6. The zero-order valence-electron chi connectivity index (χ0n) is 10.2. The molecule has 94 valence electrons. The molecule has 0 spiro atoms. The highest BCUT2D eigenvalue weighted by Crippen LogP contribution is 2.30. The second-order valence-electron chi connectivity index (χ2n) is 5.27. The summed E-state index contributed by atoms with van der Waals surface area (Å²) in [6.45, 7) is 3.78. The van der Waals surface area contributed by atoms with Crippen LogP contribution in [0, 0.1) is 23.3 Å². The van der Waals surface area contributed by atoms with Crippen LogP contribution >= 0.6 is 0 Å². The summed E-state index contributed by atoms with van der Waals surface area (Å²) in [5.41, 5.74) is 0.722. The predicted molar refractivity (Wildman–Crippen MR) is 65.4 cm³/mol. The third kappa shape index (κ3) is 1.87. The van der Waals surface area contributed by atoms with Gasteiger partial charge in [0.15, 0.2) is 23.3 Å². The van der Waals surface area contributed by atoms with E-state index in [1.165, 1.54) is 12.1 Å². The second kappa shape index (κ2) is 4.00. The topological polar surface area (TPSA) is 0 Å². The van der Waals surface area contributed by atoms with Crippen LogP contribution in [-0.2, 0) is 5.31 Å². The summed E-state index contributed by atoms with van der Waals surface area (Å²) >= 11 is 0. The van der Waals surface area contributed by atoms with E-state index in [2.05, 4.69) is 0 Å². The van der Waals surface area contributed by atoms with Gasteiger partial charge in [0.25, 0.3) is 0 Å². The maximum atomic E-state index is 13.6. The van der Waals surface area contributed by atoms with Gasteiger partial charge < -0.3 is 0 Å². The van der Waals surface area contributed by atoms with Gasteiger partial charge in [-0.2, -0.15) is 0 Å². The minimum absolute atomic E-state index is 0.237. The average molecular weight is 254 g/mol. The third-order valence-electron chi connectivity index (χ3n) is 2.94. The molecule has 0 radical (unpaired) electrons. The highest BCUT2D eigenvalue weighted by atomic mass is 19.2. The molecule has 0 atom stereocenters. The second-order valence-corrected chi connectivity index (χ2v) is 5.27. The first-order chi connectivity index (χ1) is 8.23. The molecule has 0 saturated heterocycles. The van der Waals surface area contributed by atoms with Gasteiger partial charge in [0.05, 0.1) is 0 Å². The quantitative estimate of drug-likeness (QED) is 0.317. The highest BCUT2D eigenvalue weighted by molar-refractivity contribution is 6.15. The lowest BCUT2D eigenvalue weighted by atomic mass is 9.67. The lowest BCUT2D eigenvalue weighted by Crippen LogP contribution is -2.16. The number of hydrogen-bond donors (Lipinski definition) is 0. The van der Waals surface area contributed by atoms with Gasteiger partial charge in [-0.1, -0.05) is 26.0 Å². The van der Waals surface area contributed by atoms with Crippen molar-refractivity contribution in [3.63, 3.8) is 0 Å². The van der Waals surface area contributed by atoms with E-state index in [1.807, 2.05) is 21.7 Å². The zero-order valence-corrected chi connectivity index (χ0v) is 10.2. The molecule has 2 aromatic carbocycles. The summed E-state index contributed by atoms with van der Waals surface area (Å²) in [5, 5.41) is -0.777. The number of halogens is 4. The van der Waals surface area contributed by atoms with E-state index in [9.17, 15) is 17.6 Å². The van der Waals surface area contributed by atoms with Crippen molar-refractivity contribution in [2.75, 3.05) is 0 Å². The molecule has 0 saturated carbocycles. The minimum Gasteiger partial charge on any atom is -0.203 e. The highest BCUT2D eigenvalue weighted by Gasteiger charge is 2.22. The Morgan fingerprint density at radius 1 is 0.833 bits per heavy atom. The standard InChI is InChI=1S/C13H11BF4/c1-13(2,14)6-3-4-7-8(5-6)10(16)12(18)11(17)9(7)15/h3-5H,14H2,1-2H3. The molecular formula is C13H11BF4. The van der Waals surface area contributed by atoms with Gasteiger partial charge in [-0.25, -0.2) is 17.6 Å². The Bertz CT molecular complexity index is 629. The van der Waals surface area contributed by atoms with E-state index in [0.29, 0.717) is 0 Å². The summed E-state index contributed by atoms with van der Waals surface area (Å²) in [4.78, 5) is 0. The molecule has 0 aliphatic carbocycles. The fourth-order valence-corrected chi connectivity index (χ4v) is 1.81. The number of hydrogen-bond acceptors (Lipinski definition) is 0. The molecule has 0 heterocycles. The molecule has 0 aromatic heterocycles. The number of benzene rings is 2. The van der Waals surface area contributed by atoms with Crippen LogP contribution in [-0.4, -0.2) is 7.85 Å². The van der Waals surface area contributed by atoms with Crippen molar-refractivity contribution in [1.82, 2.24) is 0 Å². The van der Waals surface area contributed by atoms with Gasteiger partial charge in [0.1, 0.15) is 7.85 Å². The van der Waals surface area contributed by atoms with Crippen LogP contribution in [0.25, 0.3) is 10.8 Å². The first-order valence-corrected chi connectivity index (χ1v) is 5.49. The van der Waals surface area contributed by atoms with Crippen molar-refractivity contribution in [1.29, 1.82) is 0 Å². The average Bonchev–Trinajstić information content (AvgIpc) is 2.32. The zero-order chi connectivity index (χ0) is 13.7. The summed E-state index contributed by atoms with van der Waals surface area (Å²) in [6.07, 6.45) is 0. The SMILES string of the molecule is BC(C)(C)c1ccc2c(F)c(F)c(F)c(F)c2c1. The normalized spacial score (nSPS) is 12.1. The first-order valence-electron chi connectivity index (χ1n) is 5.49. The molecule has 0 fully saturated rings. The monoisotopic (exact) mass is 254 g/mol. The van der Waals surface area contributed by atoms with Crippen molar-refractivity contribution in [2.24, 2.45) is 0 Å². The maximum Gasteiger partial charge on any atom is 0.198 e. The molecule has 2 aromatic rings. The first kappa shape index (κ1) is 12.9. The van der Waals surface area contributed by atoms with Crippen LogP contribution in [0.15, 0.2) is 18.2 Å². The summed E-state index contributed by atoms with van der Waals surface area (Å²) < 4.78 is 53.3. The van der Waals surface area contributed by atoms with Crippen molar-refractivity contribution in [2.45, 2.75) is 19.2 Å². The van der Waals surface area contributed by atoms with Crippen LogP contribution in [0.5, 0.6) is 0 Å². The van der Waals surface area contributed by atoms with Crippen LogP contribution in [0.2, 0.25) is 0 Å². The van der Waals surface area contributed by atoms with Gasteiger partial charge in [-0.05, 0) is 16.9 Å². The fraction of sp³-hybridized carbons (Fsp3) is 0.231. The van der Waals surface area contributed by atoms with Gasteiger partial charge >= 0.3 is 0 Å². The van der Waals surface area contributed by atoms with Gasteiger partial charge in [-0.15, -0.1) is 0 Å². The lowest BCUT2D eigenvalue weighted by Gasteiger charge is -2.19. The Balaban J connectivity index is 2.87. The van der Waals surface area contributed by atoms with Crippen molar-refractivity contribution < 1.29 is 17.6 Å². The Morgan fingerprint density at radius 3 is 1.83 bits per heavy atom. The molecule has 0 nitrogen and oxygen atoms in total. The number of rotatable bonds is 1. The third-order valence-corrected chi connectivity index (χ3v) is 2.94. The summed E-state index contributed by atoms with van der Waals surface area (Å²) in [6, 6.07) is 4.22. The Labute approximate surface area is 103 Å². The molecule has 18 heavy (non-hydrogen) atoms. The molecule has 0 amide bonds. The van der Waals surface area contributed by atoms with E-state index in [-0.39, 0.29) is 16.1 Å². The van der Waals surface area contributed by atoms with Crippen LogP contribution in [0.4, 0.5) is 17.6 Å². The van der Waals surface area contributed by atoms with Crippen LogP contribution < -0.4 is 0 Å². The van der Waals surface area contributed by atoms with E-state index in [4.69, 9.17) is 0 Å². The molecule has 0 unspecified atom stereocenters. The Kier molecular flexibility index (Phi) is 2.88. The minimum atomic E-state index is -1.77. The molecule has 0 N–H and O–H groups in total. The van der Waals surface area contributed by atoms with Gasteiger partial charge in [-0.3, -0.25) is 0 Å². The molecule has 5 heteroatoms. The smallest absolute Gasteiger partial charge is 0.198 e. The van der Waals surface area contributed by atoms with E-state index >= 15 is 0 Å². The molecular weight excluding hydrogens is 243 g/mol. The number of fused-ring (bicyclic) bond motifs is 1. The molecule has 2 rings (SSSR count). The summed E-state index contributed by atoms with van der Waals surface area (Å²) in [5.74, 6) is -6.26. The van der Waals surface area contributed by atoms with Crippen LogP contribution in [0.1, 0.15) is 19.4 Å². The van der Waals surface area contributed by atoms with Gasteiger partial charge in [0.2, 0.25) is 0 Å². The fourth-order valence-electron chi connectivity index (χ4n) is 1.81. The largest absolute Gasteiger partial charge is 0.203 e. The van der Waals surface area contributed by atoms with Crippen molar-refractivity contribution in [3.8, 4) is 0 Å².